The molecule has 2 N–H and O–H groups in total. The maximum absolute atomic E-state index is 11.9. The van der Waals surface area contributed by atoms with Crippen molar-refractivity contribution in [3.63, 3.8) is 0 Å². The predicted molar refractivity (Wildman–Crippen MR) is 76.9 cm³/mol. The van der Waals surface area contributed by atoms with Crippen LogP contribution in [0, 0.1) is 11.8 Å². The van der Waals surface area contributed by atoms with E-state index in [9.17, 15) is 9.90 Å². The van der Waals surface area contributed by atoms with Gasteiger partial charge in [-0.2, -0.15) is 11.8 Å². The van der Waals surface area contributed by atoms with Gasteiger partial charge in [-0.3, -0.25) is 0 Å². The summed E-state index contributed by atoms with van der Waals surface area (Å²) in [6, 6.07) is -0.0259. The maximum Gasteiger partial charge on any atom is 0.317 e. The molecule has 0 bridgehead atoms. The Morgan fingerprint density at radius 1 is 1.56 bits per heavy atom. The van der Waals surface area contributed by atoms with Gasteiger partial charge in [-0.15, -0.1) is 0 Å². The van der Waals surface area contributed by atoms with E-state index in [0.29, 0.717) is 12.5 Å². The topological polar surface area (TPSA) is 52.6 Å². The lowest BCUT2D eigenvalue weighted by Crippen LogP contribution is -2.42. The fraction of sp³-hybridized carbons (Fsp3) is 0.923. The van der Waals surface area contributed by atoms with E-state index < -0.39 is 0 Å². The number of aliphatic hydroxyl groups excluding tert-OH is 1. The third kappa shape index (κ3) is 5.06. The number of carbonyl (C=O) groups excluding carboxylic acids is 1. The van der Waals surface area contributed by atoms with E-state index in [1.165, 1.54) is 0 Å². The van der Waals surface area contributed by atoms with E-state index in [1.54, 1.807) is 23.7 Å². The zero-order chi connectivity index (χ0) is 13.5. The van der Waals surface area contributed by atoms with Crippen LogP contribution in [0.3, 0.4) is 0 Å². The minimum atomic E-state index is -0.226. The molecule has 106 valence electrons. The van der Waals surface area contributed by atoms with Crippen molar-refractivity contribution in [1.29, 1.82) is 0 Å². The number of aliphatic hydroxyl groups is 1. The van der Waals surface area contributed by atoms with Crippen molar-refractivity contribution in [2.24, 2.45) is 11.8 Å². The van der Waals surface area contributed by atoms with Crippen molar-refractivity contribution >= 4 is 17.8 Å². The van der Waals surface area contributed by atoms with Crippen LogP contribution in [0.25, 0.3) is 0 Å². The number of thioether (sulfide) groups is 1. The first-order chi connectivity index (χ1) is 8.54. The highest BCUT2D eigenvalue weighted by atomic mass is 32.2. The predicted octanol–water partition coefficient (Wildman–Crippen LogP) is 1.79. The van der Waals surface area contributed by atoms with Gasteiger partial charge >= 0.3 is 6.03 Å². The van der Waals surface area contributed by atoms with Crippen LogP contribution in [0.4, 0.5) is 4.79 Å². The molecule has 1 fully saturated rings. The van der Waals surface area contributed by atoms with Crippen molar-refractivity contribution in [2.45, 2.75) is 32.3 Å². The molecule has 1 saturated carbocycles. The van der Waals surface area contributed by atoms with Gasteiger partial charge in [0.15, 0.2) is 0 Å². The quantitative estimate of drug-likeness (QED) is 0.776. The molecule has 1 aliphatic carbocycles. The molecule has 0 saturated heterocycles. The Bertz CT molecular complexity index is 263. The first kappa shape index (κ1) is 15.6. The van der Waals surface area contributed by atoms with Gasteiger partial charge in [0, 0.05) is 26.1 Å². The van der Waals surface area contributed by atoms with Gasteiger partial charge in [0.1, 0.15) is 0 Å². The lowest BCUT2D eigenvalue weighted by Gasteiger charge is -2.24. The Labute approximate surface area is 115 Å². The Balaban J connectivity index is 2.24. The molecule has 0 heterocycles. The molecule has 4 nitrogen and oxygen atoms in total. The summed E-state index contributed by atoms with van der Waals surface area (Å²) in [6.07, 6.45) is 4.83. The molecule has 3 atom stereocenters. The van der Waals surface area contributed by atoms with E-state index in [4.69, 9.17) is 0 Å². The lowest BCUT2D eigenvalue weighted by atomic mass is 10.1. The van der Waals surface area contributed by atoms with Crippen LogP contribution in [-0.4, -0.2) is 54.3 Å². The maximum atomic E-state index is 11.9. The fourth-order valence-electron chi connectivity index (χ4n) is 2.40. The number of amides is 2. The SMILES string of the molecule is CSC[C@H](C)CNC(=O)N(C)C[C@@H]1CCC[C@H]1O. The zero-order valence-electron chi connectivity index (χ0n) is 11.7. The zero-order valence-corrected chi connectivity index (χ0v) is 12.5. The minimum absolute atomic E-state index is 0.0259. The van der Waals surface area contributed by atoms with Crippen LogP contribution in [0.1, 0.15) is 26.2 Å². The van der Waals surface area contributed by atoms with Gasteiger partial charge in [0.25, 0.3) is 0 Å². The largest absolute Gasteiger partial charge is 0.393 e. The molecule has 18 heavy (non-hydrogen) atoms. The van der Waals surface area contributed by atoms with Crippen molar-refractivity contribution in [2.75, 3.05) is 32.1 Å². The summed E-state index contributed by atoms with van der Waals surface area (Å²) < 4.78 is 0. The Morgan fingerprint density at radius 2 is 2.28 bits per heavy atom. The molecule has 1 aliphatic rings. The van der Waals surface area contributed by atoms with Crippen LogP contribution in [-0.2, 0) is 0 Å². The van der Waals surface area contributed by atoms with E-state index in [1.807, 2.05) is 0 Å². The van der Waals surface area contributed by atoms with Crippen LogP contribution in [0.2, 0.25) is 0 Å². The molecule has 0 aromatic heterocycles. The van der Waals surface area contributed by atoms with Crippen molar-refractivity contribution in [3.8, 4) is 0 Å². The molecule has 0 unspecified atom stereocenters. The standard InChI is InChI=1S/C13H26N2O2S/c1-10(9-18-3)7-14-13(17)15(2)8-11-5-4-6-12(11)16/h10-12,16H,4-9H2,1-3H3,(H,14,17)/t10-,11+,12-/m1/s1. The monoisotopic (exact) mass is 274 g/mol. The summed E-state index contributed by atoms with van der Waals surface area (Å²) in [7, 11) is 1.81. The average molecular weight is 274 g/mol. The first-order valence-corrected chi connectivity index (χ1v) is 8.10. The van der Waals surface area contributed by atoms with Gasteiger partial charge < -0.3 is 15.3 Å². The molecule has 5 heteroatoms. The Kier molecular flexibility index (Phi) is 6.86. The Morgan fingerprint density at radius 3 is 2.83 bits per heavy atom. The molecule has 2 amide bonds. The van der Waals surface area contributed by atoms with Gasteiger partial charge in [-0.05, 0) is 30.8 Å². The second-order valence-electron chi connectivity index (χ2n) is 5.39. The summed E-state index contributed by atoms with van der Waals surface area (Å²) in [4.78, 5) is 13.6. The summed E-state index contributed by atoms with van der Waals surface area (Å²) in [5.74, 6) is 1.81. The highest BCUT2D eigenvalue weighted by Gasteiger charge is 2.27. The molecule has 0 spiro atoms. The lowest BCUT2D eigenvalue weighted by molar-refractivity contribution is 0.114. The third-order valence-corrected chi connectivity index (χ3v) is 4.43. The van der Waals surface area contributed by atoms with Crippen LogP contribution >= 0.6 is 11.8 Å². The van der Waals surface area contributed by atoms with E-state index >= 15 is 0 Å². The van der Waals surface area contributed by atoms with Gasteiger partial charge in [-0.25, -0.2) is 4.79 Å². The number of hydrogen-bond acceptors (Lipinski definition) is 3. The summed E-state index contributed by atoms with van der Waals surface area (Å²) >= 11 is 1.80. The summed E-state index contributed by atoms with van der Waals surface area (Å²) in [5.41, 5.74) is 0. The van der Waals surface area contributed by atoms with Crippen molar-refractivity contribution < 1.29 is 9.90 Å². The average Bonchev–Trinajstić information content (AvgIpc) is 2.72. The number of carbonyl (C=O) groups is 1. The van der Waals surface area contributed by atoms with E-state index in [-0.39, 0.29) is 18.1 Å². The van der Waals surface area contributed by atoms with Crippen LogP contribution in [0.5, 0.6) is 0 Å². The fourth-order valence-corrected chi connectivity index (χ4v) is 3.09. The second kappa shape index (κ2) is 7.89. The molecule has 0 radical (unpaired) electrons. The number of urea groups is 1. The van der Waals surface area contributed by atoms with E-state index in [0.717, 1.165) is 31.6 Å². The number of nitrogens with zero attached hydrogens (tertiary/aromatic N) is 1. The smallest absolute Gasteiger partial charge is 0.317 e. The van der Waals surface area contributed by atoms with Gasteiger partial charge in [0.05, 0.1) is 6.10 Å². The van der Waals surface area contributed by atoms with Crippen LogP contribution < -0.4 is 5.32 Å². The first-order valence-electron chi connectivity index (χ1n) is 6.70. The normalized spacial score (nSPS) is 24.9. The van der Waals surface area contributed by atoms with E-state index in [2.05, 4.69) is 18.5 Å². The highest BCUT2D eigenvalue weighted by Crippen LogP contribution is 2.25. The second-order valence-corrected chi connectivity index (χ2v) is 6.30. The molecular weight excluding hydrogens is 248 g/mol. The number of nitrogens with one attached hydrogen (secondary N) is 1. The van der Waals surface area contributed by atoms with Crippen molar-refractivity contribution in [3.05, 3.63) is 0 Å². The van der Waals surface area contributed by atoms with Gasteiger partial charge in [-0.1, -0.05) is 13.3 Å². The Hall–Kier alpha value is -0.420. The molecule has 0 aliphatic heterocycles. The minimum Gasteiger partial charge on any atom is -0.393 e. The summed E-state index contributed by atoms with van der Waals surface area (Å²) in [5, 5.41) is 12.7. The highest BCUT2D eigenvalue weighted by molar-refractivity contribution is 7.98. The molecule has 0 aromatic carbocycles. The van der Waals surface area contributed by atoms with Gasteiger partial charge in [0.2, 0.25) is 0 Å². The summed E-state index contributed by atoms with van der Waals surface area (Å²) in [6.45, 7) is 3.51. The number of rotatable bonds is 6. The molecule has 0 aromatic rings. The van der Waals surface area contributed by atoms with Crippen molar-refractivity contribution in [1.82, 2.24) is 10.2 Å². The molecular formula is C13H26N2O2S. The third-order valence-electron chi connectivity index (χ3n) is 3.53. The van der Waals surface area contributed by atoms with Crippen LogP contribution in [0.15, 0.2) is 0 Å². The molecule has 1 rings (SSSR count). The number of hydrogen-bond donors (Lipinski definition) is 2.